The molecule has 0 aliphatic rings. The first kappa shape index (κ1) is 13.3. The Hall–Kier alpha value is -1.72. The van der Waals surface area contributed by atoms with Crippen LogP contribution in [0.1, 0.15) is 10.4 Å². The lowest BCUT2D eigenvalue weighted by Crippen LogP contribution is -1.96. The number of aryl methyl sites for hydroxylation is 2. The molecule has 2 aromatic heterocycles. The first-order chi connectivity index (χ1) is 9.52. The van der Waals surface area contributed by atoms with Crippen LogP contribution in [0.3, 0.4) is 0 Å². The van der Waals surface area contributed by atoms with Gasteiger partial charge in [-0.3, -0.25) is 0 Å². The Balaban J connectivity index is 2.07. The molecule has 102 valence electrons. The Kier molecular flexibility index (Phi) is 3.31. The molecule has 20 heavy (non-hydrogen) atoms. The van der Waals surface area contributed by atoms with Crippen LogP contribution in [0.5, 0.6) is 0 Å². The Bertz CT molecular complexity index is 800. The summed E-state index contributed by atoms with van der Waals surface area (Å²) in [5.74, 6) is 0.406. The lowest BCUT2D eigenvalue weighted by atomic mass is 10.2. The Morgan fingerprint density at radius 3 is 2.75 bits per heavy atom. The summed E-state index contributed by atoms with van der Waals surface area (Å²) in [5, 5.41) is 4.28. The summed E-state index contributed by atoms with van der Waals surface area (Å²) < 4.78 is 13.3. The smallest absolute Gasteiger partial charge is 0.225 e. The van der Waals surface area contributed by atoms with Crippen LogP contribution in [0, 0.1) is 19.7 Å². The summed E-state index contributed by atoms with van der Waals surface area (Å²) in [6, 6.07) is 6.84. The van der Waals surface area contributed by atoms with Crippen molar-refractivity contribution in [1.82, 2.24) is 9.97 Å². The minimum atomic E-state index is -0.229. The van der Waals surface area contributed by atoms with E-state index in [0.29, 0.717) is 11.4 Å². The highest BCUT2D eigenvalue weighted by molar-refractivity contribution is 7.18. The molecule has 0 aliphatic heterocycles. The van der Waals surface area contributed by atoms with E-state index in [2.05, 4.69) is 15.3 Å². The van der Waals surface area contributed by atoms with Crippen molar-refractivity contribution in [2.75, 3.05) is 5.32 Å². The molecule has 0 radical (unpaired) electrons. The average molecular weight is 308 g/mol. The minimum absolute atomic E-state index is 0.195. The molecule has 3 rings (SSSR count). The summed E-state index contributed by atoms with van der Waals surface area (Å²) in [6.07, 6.45) is 0. The molecule has 2 heterocycles. The number of rotatable bonds is 2. The molecular weight excluding hydrogens is 297 g/mol. The third kappa shape index (κ3) is 2.46. The van der Waals surface area contributed by atoms with Crippen molar-refractivity contribution in [1.29, 1.82) is 0 Å². The fourth-order valence-corrected chi connectivity index (χ4v) is 3.07. The van der Waals surface area contributed by atoms with Gasteiger partial charge >= 0.3 is 0 Å². The Labute approximate surface area is 124 Å². The van der Waals surface area contributed by atoms with Crippen molar-refractivity contribution < 1.29 is 4.39 Å². The number of aromatic nitrogens is 2. The number of thiophene rings is 1. The predicted molar refractivity (Wildman–Crippen MR) is 81.6 cm³/mol. The first-order valence-electron chi connectivity index (χ1n) is 6.00. The SMILES string of the molecule is Cc1cc2c(Nc3ccc(F)c(C)c3)nc(Cl)nc2s1. The van der Waals surface area contributed by atoms with E-state index in [0.717, 1.165) is 20.8 Å². The number of fused-ring (bicyclic) bond motifs is 1. The highest BCUT2D eigenvalue weighted by Gasteiger charge is 2.10. The molecule has 0 amide bonds. The molecule has 3 aromatic rings. The number of anilines is 2. The van der Waals surface area contributed by atoms with E-state index in [1.165, 1.54) is 6.07 Å². The highest BCUT2D eigenvalue weighted by Crippen LogP contribution is 2.31. The van der Waals surface area contributed by atoms with Crippen molar-refractivity contribution in [3.05, 3.63) is 45.8 Å². The van der Waals surface area contributed by atoms with Gasteiger partial charge in [0.05, 0.1) is 5.39 Å². The maximum atomic E-state index is 13.3. The molecule has 0 fully saturated rings. The molecule has 0 unspecified atom stereocenters. The van der Waals surface area contributed by atoms with E-state index >= 15 is 0 Å². The van der Waals surface area contributed by atoms with E-state index in [1.54, 1.807) is 30.4 Å². The quantitative estimate of drug-likeness (QED) is 0.688. The van der Waals surface area contributed by atoms with Gasteiger partial charge in [-0.2, -0.15) is 4.98 Å². The van der Waals surface area contributed by atoms with E-state index in [4.69, 9.17) is 11.6 Å². The molecule has 0 bridgehead atoms. The zero-order valence-corrected chi connectivity index (χ0v) is 12.4. The summed E-state index contributed by atoms with van der Waals surface area (Å²) in [4.78, 5) is 10.4. The van der Waals surface area contributed by atoms with E-state index in [1.807, 2.05) is 13.0 Å². The van der Waals surface area contributed by atoms with E-state index in [-0.39, 0.29) is 11.1 Å². The number of nitrogens with zero attached hydrogens (tertiary/aromatic N) is 2. The molecule has 0 spiro atoms. The molecular formula is C14H11ClFN3S. The van der Waals surface area contributed by atoms with E-state index < -0.39 is 0 Å². The predicted octanol–water partition coefficient (Wildman–Crippen LogP) is 4.84. The third-order valence-electron chi connectivity index (χ3n) is 2.91. The lowest BCUT2D eigenvalue weighted by Gasteiger charge is -2.08. The molecule has 0 aliphatic carbocycles. The van der Waals surface area contributed by atoms with Gasteiger partial charge < -0.3 is 5.32 Å². The number of benzene rings is 1. The van der Waals surface area contributed by atoms with Gasteiger partial charge in [0, 0.05) is 10.6 Å². The normalized spacial score (nSPS) is 11.0. The van der Waals surface area contributed by atoms with Gasteiger partial charge in [-0.25, -0.2) is 9.37 Å². The lowest BCUT2D eigenvalue weighted by molar-refractivity contribution is 0.619. The fraction of sp³-hybridized carbons (Fsp3) is 0.143. The van der Waals surface area contributed by atoms with Gasteiger partial charge in [-0.05, 0) is 55.3 Å². The molecule has 1 N–H and O–H groups in total. The average Bonchev–Trinajstić information content (AvgIpc) is 2.74. The van der Waals surface area contributed by atoms with Crippen molar-refractivity contribution in [3.63, 3.8) is 0 Å². The Morgan fingerprint density at radius 2 is 2.00 bits per heavy atom. The highest BCUT2D eigenvalue weighted by atomic mass is 35.5. The van der Waals surface area contributed by atoms with Gasteiger partial charge in [-0.1, -0.05) is 0 Å². The van der Waals surface area contributed by atoms with Crippen LogP contribution < -0.4 is 5.32 Å². The summed E-state index contributed by atoms with van der Waals surface area (Å²) in [5.41, 5.74) is 1.34. The molecule has 0 saturated heterocycles. The maximum Gasteiger partial charge on any atom is 0.225 e. The van der Waals surface area contributed by atoms with Crippen LogP contribution in [0.2, 0.25) is 5.28 Å². The van der Waals surface area contributed by atoms with Crippen LogP contribution in [0.4, 0.5) is 15.9 Å². The van der Waals surface area contributed by atoms with Crippen LogP contribution >= 0.6 is 22.9 Å². The number of halogens is 2. The summed E-state index contributed by atoms with van der Waals surface area (Å²) in [6.45, 7) is 3.73. The molecule has 0 saturated carbocycles. The molecule has 3 nitrogen and oxygen atoms in total. The molecule has 1 aromatic carbocycles. The van der Waals surface area contributed by atoms with Crippen LogP contribution in [0.15, 0.2) is 24.3 Å². The number of hydrogen-bond acceptors (Lipinski definition) is 4. The number of nitrogens with one attached hydrogen (secondary N) is 1. The number of hydrogen-bond donors (Lipinski definition) is 1. The standard InChI is InChI=1S/C14H11ClFN3S/c1-7-5-9(3-4-11(7)16)17-12-10-6-8(2)20-13(10)19-14(15)18-12/h3-6H,1-2H3,(H,17,18,19). The van der Waals surface area contributed by atoms with Crippen molar-refractivity contribution >= 4 is 44.7 Å². The van der Waals surface area contributed by atoms with E-state index in [9.17, 15) is 4.39 Å². The second-order valence-electron chi connectivity index (χ2n) is 4.51. The van der Waals surface area contributed by atoms with Gasteiger partial charge in [0.2, 0.25) is 5.28 Å². The Morgan fingerprint density at radius 1 is 1.20 bits per heavy atom. The van der Waals surface area contributed by atoms with Gasteiger partial charge in [0.25, 0.3) is 0 Å². The largest absolute Gasteiger partial charge is 0.340 e. The molecule has 6 heteroatoms. The maximum absolute atomic E-state index is 13.3. The zero-order valence-electron chi connectivity index (χ0n) is 10.9. The summed E-state index contributed by atoms with van der Waals surface area (Å²) in [7, 11) is 0. The van der Waals surface area contributed by atoms with Crippen molar-refractivity contribution in [3.8, 4) is 0 Å². The first-order valence-corrected chi connectivity index (χ1v) is 7.19. The monoisotopic (exact) mass is 307 g/mol. The minimum Gasteiger partial charge on any atom is -0.340 e. The zero-order chi connectivity index (χ0) is 14.3. The van der Waals surface area contributed by atoms with Gasteiger partial charge in [0.1, 0.15) is 16.5 Å². The summed E-state index contributed by atoms with van der Waals surface area (Å²) >= 11 is 7.50. The van der Waals surface area contributed by atoms with Gasteiger partial charge in [-0.15, -0.1) is 11.3 Å². The molecule has 0 atom stereocenters. The van der Waals surface area contributed by atoms with Crippen LogP contribution in [0.25, 0.3) is 10.2 Å². The van der Waals surface area contributed by atoms with Gasteiger partial charge in [0.15, 0.2) is 0 Å². The van der Waals surface area contributed by atoms with Crippen LogP contribution in [-0.2, 0) is 0 Å². The second-order valence-corrected chi connectivity index (χ2v) is 6.08. The third-order valence-corrected chi connectivity index (χ3v) is 4.02. The fourth-order valence-electron chi connectivity index (χ4n) is 1.97. The van der Waals surface area contributed by atoms with Crippen molar-refractivity contribution in [2.45, 2.75) is 13.8 Å². The van der Waals surface area contributed by atoms with Crippen LogP contribution in [-0.4, -0.2) is 9.97 Å². The second kappa shape index (κ2) is 5.00. The van der Waals surface area contributed by atoms with Crippen molar-refractivity contribution in [2.24, 2.45) is 0 Å². The topological polar surface area (TPSA) is 37.8 Å².